The number of rotatable bonds is 4. The Bertz CT molecular complexity index is 546. The molecule has 0 radical (unpaired) electrons. The summed E-state index contributed by atoms with van der Waals surface area (Å²) >= 11 is 0. The molecule has 0 amide bonds. The van der Waals surface area contributed by atoms with Crippen LogP contribution in [-0.2, 0) is 16.1 Å². The first-order valence-corrected chi connectivity index (χ1v) is 7.58. The van der Waals surface area contributed by atoms with Crippen molar-refractivity contribution >= 4 is 5.78 Å². The predicted molar refractivity (Wildman–Crippen MR) is 81.2 cm³/mol. The van der Waals surface area contributed by atoms with Gasteiger partial charge in [-0.1, -0.05) is 24.3 Å². The summed E-state index contributed by atoms with van der Waals surface area (Å²) in [7, 11) is 1.65. The first kappa shape index (κ1) is 14.3. The van der Waals surface area contributed by atoms with Crippen LogP contribution in [0, 0.1) is 5.41 Å². The quantitative estimate of drug-likeness (QED) is 0.792. The number of ether oxygens (including phenoxy) is 2. The van der Waals surface area contributed by atoms with E-state index in [-0.39, 0.29) is 17.3 Å². The number of Topliss-reactive ketones (excluding diaryl/α,β-unsaturated/α-hetero) is 1. The van der Waals surface area contributed by atoms with Gasteiger partial charge in [-0.2, -0.15) is 0 Å². The smallest absolute Gasteiger partial charge is 0.162 e. The fourth-order valence-corrected chi connectivity index (χ4v) is 3.60. The van der Waals surface area contributed by atoms with Gasteiger partial charge in [0, 0.05) is 11.8 Å². The maximum absolute atomic E-state index is 12.2. The Morgan fingerprint density at radius 1 is 1.33 bits per heavy atom. The van der Waals surface area contributed by atoms with Crippen molar-refractivity contribution in [3.8, 4) is 5.75 Å². The molecule has 0 saturated heterocycles. The second-order valence-corrected chi connectivity index (χ2v) is 6.23. The molecule has 112 valence electrons. The lowest BCUT2D eigenvalue weighted by Crippen LogP contribution is -2.18. The lowest BCUT2D eigenvalue weighted by atomic mass is 9.81. The van der Waals surface area contributed by atoms with Gasteiger partial charge in [0.2, 0.25) is 0 Å². The van der Waals surface area contributed by atoms with Gasteiger partial charge in [0.25, 0.3) is 0 Å². The Hall–Kier alpha value is -1.61. The van der Waals surface area contributed by atoms with Gasteiger partial charge in [0.05, 0.1) is 13.7 Å². The maximum atomic E-state index is 12.2. The molecule has 0 bridgehead atoms. The van der Waals surface area contributed by atoms with Crippen LogP contribution in [0.5, 0.6) is 5.75 Å². The predicted octanol–water partition coefficient (Wildman–Crippen LogP) is 3.67. The molecule has 1 aromatic rings. The summed E-state index contributed by atoms with van der Waals surface area (Å²) in [4.78, 5) is 12.2. The first-order valence-electron chi connectivity index (χ1n) is 7.58. The molecule has 3 nitrogen and oxygen atoms in total. The molecule has 0 heterocycles. The standard InChI is InChI=1S/C18H22O3/c1-13-4-3-9-18(13)10-16(19)17(11-18)21-12-14-5-7-15(20-2)8-6-14/h5-8,17H,1,3-4,9-12H2,2H3. The number of carbonyl (C=O) groups excluding carboxylic acids is 1. The van der Waals surface area contributed by atoms with Crippen LogP contribution < -0.4 is 4.74 Å². The average molecular weight is 286 g/mol. The molecular weight excluding hydrogens is 264 g/mol. The highest BCUT2D eigenvalue weighted by molar-refractivity contribution is 5.87. The van der Waals surface area contributed by atoms with Gasteiger partial charge in [-0.15, -0.1) is 0 Å². The minimum atomic E-state index is -0.262. The van der Waals surface area contributed by atoms with Gasteiger partial charge >= 0.3 is 0 Å². The van der Waals surface area contributed by atoms with E-state index in [1.54, 1.807) is 7.11 Å². The van der Waals surface area contributed by atoms with E-state index in [4.69, 9.17) is 9.47 Å². The van der Waals surface area contributed by atoms with E-state index in [1.807, 2.05) is 24.3 Å². The van der Waals surface area contributed by atoms with E-state index in [0.717, 1.165) is 37.0 Å². The lowest BCUT2D eigenvalue weighted by Gasteiger charge is -2.23. The van der Waals surface area contributed by atoms with Crippen molar-refractivity contribution in [3.05, 3.63) is 42.0 Å². The van der Waals surface area contributed by atoms with E-state index >= 15 is 0 Å². The molecule has 2 unspecified atom stereocenters. The Balaban J connectivity index is 1.60. The monoisotopic (exact) mass is 286 g/mol. The number of ketones is 1. The Morgan fingerprint density at radius 2 is 2.10 bits per heavy atom. The summed E-state index contributed by atoms with van der Waals surface area (Å²) in [5.41, 5.74) is 2.36. The molecule has 2 fully saturated rings. The van der Waals surface area contributed by atoms with E-state index in [1.165, 1.54) is 5.57 Å². The molecule has 2 aliphatic rings. The number of benzene rings is 1. The molecule has 0 aromatic heterocycles. The van der Waals surface area contributed by atoms with Crippen LogP contribution in [0.3, 0.4) is 0 Å². The lowest BCUT2D eigenvalue weighted by molar-refractivity contribution is -0.128. The van der Waals surface area contributed by atoms with Gasteiger partial charge in [-0.05, 0) is 43.4 Å². The number of allylic oxidation sites excluding steroid dienone is 1. The summed E-state index contributed by atoms with van der Waals surface area (Å²) in [6.45, 7) is 4.65. The fraction of sp³-hybridized carbons (Fsp3) is 0.500. The van der Waals surface area contributed by atoms with Crippen LogP contribution in [0.4, 0.5) is 0 Å². The molecule has 3 heteroatoms. The molecule has 2 atom stereocenters. The molecule has 2 saturated carbocycles. The SMILES string of the molecule is C=C1CCCC12CC(=O)C(OCc1ccc(OC)cc1)C2. The molecule has 1 aromatic carbocycles. The van der Waals surface area contributed by atoms with Gasteiger partial charge in [0.1, 0.15) is 11.9 Å². The number of hydrogen-bond donors (Lipinski definition) is 0. The minimum absolute atomic E-state index is 0.0433. The second-order valence-electron chi connectivity index (χ2n) is 6.23. The number of carbonyl (C=O) groups is 1. The summed E-state index contributed by atoms with van der Waals surface area (Å²) in [6, 6.07) is 7.77. The maximum Gasteiger partial charge on any atom is 0.162 e. The van der Waals surface area contributed by atoms with Crippen molar-refractivity contribution in [1.82, 2.24) is 0 Å². The van der Waals surface area contributed by atoms with Crippen molar-refractivity contribution < 1.29 is 14.3 Å². The van der Waals surface area contributed by atoms with Gasteiger partial charge in [0.15, 0.2) is 5.78 Å². The highest BCUT2D eigenvalue weighted by Crippen LogP contribution is 2.52. The van der Waals surface area contributed by atoms with Crippen LogP contribution in [0.15, 0.2) is 36.4 Å². The Labute approximate surface area is 125 Å². The average Bonchev–Trinajstić information content (AvgIpc) is 3.01. The van der Waals surface area contributed by atoms with Crippen LogP contribution >= 0.6 is 0 Å². The summed E-state index contributed by atoms with van der Waals surface area (Å²) in [5, 5.41) is 0. The highest BCUT2D eigenvalue weighted by atomic mass is 16.5. The van der Waals surface area contributed by atoms with Crippen molar-refractivity contribution in [3.63, 3.8) is 0 Å². The van der Waals surface area contributed by atoms with E-state index < -0.39 is 0 Å². The first-order chi connectivity index (χ1) is 10.1. The van der Waals surface area contributed by atoms with Crippen LogP contribution in [0.2, 0.25) is 0 Å². The molecule has 0 N–H and O–H groups in total. The van der Waals surface area contributed by atoms with Crippen LogP contribution in [-0.4, -0.2) is 19.0 Å². The zero-order valence-corrected chi connectivity index (χ0v) is 12.6. The number of methoxy groups -OCH3 is 1. The molecule has 21 heavy (non-hydrogen) atoms. The van der Waals surface area contributed by atoms with Gasteiger partial charge < -0.3 is 9.47 Å². The van der Waals surface area contributed by atoms with Crippen LogP contribution in [0.25, 0.3) is 0 Å². The zero-order chi connectivity index (χ0) is 14.9. The Morgan fingerprint density at radius 3 is 2.71 bits per heavy atom. The van der Waals surface area contributed by atoms with Crippen molar-refractivity contribution in [2.24, 2.45) is 5.41 Å². The van der Waals surface area contributed by atoms with E-state index in [2.05, 4.69) is 6.58 Å². The van der Waals surface area contributed by atoms with Crippen molar-refractivity contribution in [2.75, 3.05) is 7.11 Å². The third-order valence-electron chi connectivity index (χ3n) is 4.94. The van der Waals surface area contributed by atoms with Crippen molar-refractivity contribution in [2.45, 2.75) is 44.8 Å². The second kappa shape index (κ2) is 5.64. The summed E-state index contributed by atoms with van der Waals surface area (Å²) < 4.78 is 11.0. The number of hydrogen-bond acceptors (Lipinski definition) is 3. The van der Waals surface area contributed by atoms with Crippen molar-refractivity contribution in [1.29, 1.82) is 0 Å². The van der Waals surface area contributed by atoms with E-state index in [9.17, 15) is 4.79 Å². The van der Waals surface area contributed by atoms with Crippen LogP contribution in [0.1, 0.15) is 37.7 Å². The van der Waals surface area contributed by atoms with Gasteiger partial charge in [-0.25, -0.2) is 0 Å². The third kappa shape index (κ3) is 2.75. The minimum Gasteiger partial charge on any atom is -0.497 e. The topological polar surface area (TPSA) is 35.5 Å². The summed E-state index contributed by atoms with van der Waals surface area (Å²) in [5.74, 6) is 1.07. The van der Waals surface area contributed by atoms with Gasteiger partial charge in [-0.3, -0.25) is 4.79 Å². The molecule has 0 aliphatic heterocycles. The summed E-state index contributed by atoms with van der Waals surface area (Å²) in [6.07, 6.45) is 4.51. The molecule has 1 spiro atoms. The normalized spacial score (nSPS) is 28.5. The molecule has 3 rings (SSSR count). The zero-order valence-electron chi connectivity index (χ0n) is 12.6. The fourth-order valence-electron chi connectivity index (χ4n) is 3.60. The Kier molecular flexibility index (Phi) is 3.85. The van der Waals surface area contributed by atoms with E-state index in [0.29, 0.717) is 13.0 Å². The largest absolute Gasteiger partial charge is 0.497 e. The molecule has 2 aliphatic carbocycles. The molecular formula is C18H22O3. The third-order valence-corrected chi connectivity index (χ3v) is 4.94. The highest BCUT2D eigenvalue weighted by Gasteiger charge is 2.48.